The molecule has 70 heavy (non-hydrogen) atoms. The highest BCUT2D eigenvalue weighted by Gasteiger charge is 2.40. The molecule has 8 aromatic carbocycles. The first-order chi connectivity index (χ1) is 34.2. The van der Waals surface area contributed by atoms with E-state index in [0.29, 0.717) is 0 Å². The summed E-state index contributed by atoms with van der Waals surface area (Å²) in [6, 6.07) is 60.3. The lowest BCUT2D eigenvalue weighted by atomic mass is 9.57. The standard InChI is InChI=1S/C67H58BN2/c1-6-7-18-43-29-32-63(52(34-43)45-21-12-9-13-22-45)70-64-39-54-50(42(3)33-51(54)44-19-10-8-11-20-44)38-61(64)68-65-57(36-53-48-24-15-14-23-46(48)35-58(53)66(65)70)56-37-55-49-25-16-17-26-59(49)67(4,5)60(55)40-62(56)69-47-30-27-41(2)28-31-47/h8-16,19-25,27-32,34,36-40,69H,6-7,17-18,26,33,35H2,1-5H3. The second-order valence-electron chi connectivity index (χ2n) is 21.0. The molecule has 8 aromatic rings. The van der Waals surface area contributed by atoms with Crippen LogP contribution >= 0.6 is 0 Å². The summed E-state index contributed by atoms with van der Waals surface area (Å²) in [5, 5.41) is 6.75. The molecule has 0 atom stereocenters. The van der Waals surface area contributed by atoms with E-state index in [2.05, 4.69) is 222 Å². The highest BCUT2D eigenvalue weighted by atomic mass is 15.2. The van der Waals surface area contributed by atoms with Gasteiger partial charge in [0.15, 0.2) is 7.28 Å². The molecule has 5 aliphatic rings. The van der Waals surface area contributed by atoms with Crippen molar-refractivity contribution in [3.63, 3.8) is 0 Å². The van der Waals surface area contributed by atoms with Crippen LogP contribution in [0.4, 0.5) is 28.4 Å². The average Bonchev–Trinajstić information content (AvgIpc) is 4.01. The second-order valence-corrected chi connectivity index (χ2v) is 21.0. The highest BCUT2D eigenvalue weighted by molar-refractivity contribution is 6.73. The normalized spacial score (nSPS) is 15.5. The van der Waals surface area contributed by atoms with Crippen LogP contribution in [-0.2, 0) is 18.3 Å². The zero-order valence-corrected chi connectivity index (χ0v) is 41.1. The van der Waals surface area contributed by atoms with E-state index < -0.39 is 0 Å². The summed E-state index contributed by atoms with van der Waals surface area (Å²) in [6.45, 7) is 11.7. The summed E-state index contributed by atoms with van der Waals surface area (Å²) in [4.78, 5) is 2.70. The fraction of sp³-hybridized carbons (Fsp3) is 0.194. The van der Waals surface area contributed by atoms with E-state index in [1.807, 2.05) is 0 Å². The molecule has 0 bridgehead atoms. The number of aryl methyl sites for hydroxylation is 2. The minimum absolute atomic E-state index is 0.0721. The molecule has 339 valence electrons. The van der Waals surface area contributed by atoms with Crippen molar-refractivity contribution in [2.45, 2.75) is 85.0 Å². The SMILES string of the molecule is CCCCc1ccc(N2c3cc4c(cc3[B]c3c(-c5cc6c(cc5Nc5ccc(C)cc5)C(C)(C)C5=C6C=CCC5)cc5c(c32)Cc2ccccc2-5)=C(C)CC=4c2ccccc2)c(-c2ccccc2)c1. The van der Waals surface area contributed by atoms with Gasteiger partial charge in [0.1, 0.15) is 0 Å². The molecule has 0 amide bonds. The van der Waals surface area contributed by atoms with Crippen molar-refractivity contribution in [2.75, 3.05) is 10.2 Å². The van der Waals surface area contributed by atoms with E-state index >= 15 is 0 Å². The lowest BCUT2D eigenvalue weighted by molar-refractivity contribution is 0.607. The van der Waals surface area contributed by atoms with Crippen molar-refractivity contribution in [2.24, 2.45) is 0 Å². The minimum Gasteiger partial charge on any atom is -0.355 e. The Bertz CT molecular complexity index is 3670. The summed E-state index contributed by atoms with van der Waals surface area (Å²) in [5.41, 5.74) is 31.4. The van der Waals surface area contributed by atoms with Gasteiger partial charge in [-0.2, -0.15) is 0 Å². The van der Waals surface area contributed by atoms with E-state index in [4.69, 9.17) is 0 Å². The van der Waals surface area contributed by atoms with E-state index in [1.165, 1.54) is 127 Å². The van der Waals surface area contributed by atoms with E-state index in [9.17, 15) is 0 Å². The first-order valence-corrected chi connectivity index (χ1v) is 25.7. The van der Waals surface area contributed by atoms with Gasteiger partial charge in [-0.25, -0.2) is 0 Å². The third-order valence-corrected chi connectivity index (χ3v) is 16.3. The predicted octanol–water partition coefficient (Wildman–Crippen LogP) is 14.6. The monoisotopic (exact) mass is 901 g/mol. The summed E-state index contributed by atoms with van der Waals surface area (Å²) >= 11 is 0. The number of rotatable bonds is 9. The Morgan fingerprint density at radius 1 is 0.643 bits per heavy atom. The largest absolute Gasteiger partial charge is 0.355 e. The Balaban J connectivity index is 1.15. The number of benzene rings is 8. The molecule has 0 saturated heterocycles. The number of unbranched alkanes of at least 4 members (excludes halogenated alkanes) is 1. The van der Waals surface area contributed by atoms with Crippen LogP contribution < -0.4 is 31.6 Å². The molecule has 0 aromatic heterocycles. The van der Waals surface area contributed by atoms with Crippen molar-refractivity contribution in [3.05, 3.63) is 225 Å². The number of anilines is 5. The van der Waals surface area contributed by atoms with Crippen molar-refractivity contribution in [3.8, 4) is 33.4 Å². The summed E-state index contributed by atoms with van der Waals surface area (Å²) < 4.78 is 0. The molecule has 2 nitrogen and oxygen atoms in total. The predicted molar refractivity (Wildman–Crippen MR) is 299 cm³/mol. The summed E-state index contributed by atoms with van der Waals surface area (Å²) in [7, 11) is 2.56. The zero-order chi connectivity index (χ0) is 47.3. The van der Waals surface area contributed by atoms with Crippen LogP contribution in [-0.4, -0.2) is 7.28 Å². The van der Waals surface area contributed by atoms with Crippen LogP contribution in [0.5, 0.6) is 0 Å². The van der Waals surface area contributed by atoms with Crippen LogP contribution in [0.2, 0.25) is 0 Å². The van der Waals surface area contributed by atoms with Crippen molar-refractivity contribution >= 4 is 63.4 Å². The number of allylic oxidation sites excluding steroid dienone is 4. The van der Waals surface area contributed by atoms with Gasteiger partial charge in [0.25, 0.3) is 0 Å². The molecule has 0 spiro atoms. The smallest absolute Gasteiger partial charge is 0.197 e. The van der Waals surface area contributed by atoms with Crippen LogP contribution in [0.25, 0.3) is 50.1 Å². The zero-order valence-electron chi connectivity index (χ0n) is 41.1. The maximum atomic E-state index is 4.05. The van der Waals surface area contributed by atoms with Gasteiger partial charge in [-0.3, -0.25) is 0 Å². The number of hydrogen-bond acceptors (Lipinski definition) is 2. The molecule has 1 radical (unpaired) electrons. The molecular weight excluding hydrogens is 844 g/mol. The topological polar surface area (TPSA) is 15.3 Å². The molecule has 1 aliphatic heterocycles. The highest BCUT2D eigenvalue weighted by Crippen LogP contribution is 2.55. The molecule has 1 N–H and O–H groups in total. The first kappa shape index (κ1) is 42.7. The molecule has 4 aliphatic carbocycles. The quantitative estimate of drug-likeness (QED) is 0.145. The van der Waals surface area contributed by atoms with Crippen molar-refractivity contribution in [1.29, 1.82) is 0 Å². The maximum absolute atomic E-state index is 4.05. The van der Waals surface area contributed by atoms with Gasteiger partial charge in [-0.15, -0.1) is 0 Å². The maximum Gasteiger partial charge on any atom is 0.197 e. The summed E-state index contributed by atoms with van der Waals surface area (Å²) in [5.74, 6) is 0. The Kier molecular flexibility index (Phi) is 10.2. The van der Waals surface area contributed by atoms with Crippen LogP contribution in [0.1, 0.15) is 98.7 Å². The van der Waals surface area contributed by atoms with Crippen molar-refractivity contribution < 1.29 is 0 Å². The van der Waals surface area contributed by atoms with Gasteiger partial charge in [0.2, 0.25) is 0 Å². The molecule has 13 rings (SSSR count). The molecule has 0 saturated carbocycles. The van der Waals surface area contributed by atoms with E-state index in [1.54, 1.807) is 5.57 Å². The summed E-state index contributed by atoms with van der Waals surface area (Å²) in [6.07, 6.45) is 12.2. The van der Waals surface area contributed by atoms with Crippen LogP contribution in [0.3, 0.4) is 0 Å². The van der Waals surface area contributed by atoms with Gasteiger partial charge in [-0.05, 0) is 177 Å². The Labute approximate surface area is 414 Å². The molecule has 1 heterocycles. The number of nitrogens with one attached hydrogen (secondary N) is 1. The third-order valence-electron chi connectivity index (χ3n) is 16.3. The molecule has 0 unspecified atom stereocenters. The van der Waals surface area contributed by atoms with Gasteiger partial charge in [0.05, 0.1) is 5.69 Å². The van der Waals surface area contributed by atoms with Crippen LogP contribution in [0, 0.1) is 6.92 Å². The Morgan fingerprint density at radius 2 is 1.40 bits per heavy atom. The molecular formula is C67H58BN2. The molecule has 0 fully saturated rings. The second kappa shape index (κ2) is 16.7. The van der Waals surface area contributed by atoms with E-state index in [0.717, 1.165) is 56.3 Å². The van der Waals surface area contributed by atoms with Crippen LogP contribution in [0.15, 0.2) is 175 Å². The van der Waals surface area contributed by atoms with Crippen molar-refractivity contribution in [1.82, 2.24) is 0 Å². The number of hydrogen-bond donors (Lipinski definition) is 1. The van der Waals surface area contributed by atoms with E-state index in [-0.39, 0.29) is 5.41 Å². The first-order valence-electron chi connectivity index (χ1n) is 25.7. The van der Waals surface area contributed by atoms with Gasteiger partial charge in [0, 0.05) is 45.7 Å². The van der Waals surface area contributed by atoms with Gasteiger partial charge >= 0.3 is 0 Å². The Hall–Kier alpha value is -7.36. The van der Waals surface area contributed by atoms with Gasteiger partial charge in [-0.1, -0.05) is 171 Å². The third kappa shape index (κ3) is 6.84. The van der Waals surface area contributed by atoms with Gasteiger partial charge < -0.3 is 10.2 Å². The molecule has 3 heteroatoms. The fourth-order valence-corrected chi connectivity index (χ4v) is 12.6. The minimum atomic E-state index is -0.0721. The number of fused-ring (bicyclic) bond motifs is 9. The average molecular weight is 902 g/mol. The Morgan fingerprint density at radius 3 is 2.20 bits per heavy atom. The lowest BCUT2D eigenvalue weighted by Gasteiger charge is -2.38. The number of nitrogens with zero attached hydrogens (tertiary/aromatic N) is 1. The lowest BCUT2D eigenvalue weighted by Crippen LogP contribution is -2.45. The fourth-order valence-electron chi connectivity index (χ4n) is 12.6.